The van der Waals surface area contributed by atoms with Crippen LogP contribution in [0.1, 0.15) is 38.8 Å². The number of carbonyl (C=O) groups excluding carboxylic acids is 2. The van der Waals surface area contributed by atoms with Crippen molar-refractivity contribution in [3.63, 3.8) is 0 Å². The minimum atomic E-state index is -0.750. The first kappa shape index (κ1) is 61.7. The van der Waals surface area contributed by atoms with Gasteiger partial charge in [0.1, 0.15) is 45.9 Å². The van der Waals surface area contributed by atoms with Crippen molar-refractivity contribution >= 4 is 102 Å². The number of hydrogen-bond donors (Lipinski definition) is 1. The zero-order valence-corrected chi connectivity index (χ0v) is 47.1. The molecule has 6 aromatic rings. The maximum absolute atomic E-state index is 14.6. The molecule has 10 rings (SSSR count). The van der Waals surface area contributed by atoms with Crippen molar-refractivity contribution in [3.05, 3.63) is 82.6 Å². The molecule has 8 heterocycles. The van der Waals surface area contributed by atoms with Crippen molar-refractivity contribution in [2.45, 2.75) is 53.8 Å². The van der Waals surface area contributed by atoms with Crippen LogP contribution in [0.25, 0.3) is 42.7 Å². The van der Waals surface area contributed by atoms with Gasteiger partial charge < -0.3 is 38.6 Å². The van der Waals surface area contributed by atoms with Gasteiger partial charge in [-0.2, -0.15) is 16.8 Å². The molecule has 4 unspecified atom stereocenters. The third-order valence-electron chi connectivity index (χ3n) is 12.2. The van der Waals surface area contributed by atoms with E-state index in [0.29, 0.717) is 98.9 Å². The number of aromatic nitrogens is 4. The zero-order chi connectivity index (χ0) is 54.2. The van der Waals surface area contributed by atoms with Gasteiger partial charge in [-0.15, -0.1) is 35.1 Å². The highest BCUT2D eigenvalue weighted by molar-refractivity contribution is 7.52. The number of piperidine rings is 2. The van der Waals surface area contributed by atoms with Crippen LogP contribution < -0.4 is 14.8 Å². The molecule has 18 nitrogen and oxygen atoms in total. The predicted octanol–water partition coefficient (Wildman–Crippen LogP) is 9.44. The molecule has 1 N–H and O–H groups in total. The minimum Gasteiger partial charge on any atom is -0.472 e. The molecule has 4 aliphatic heterocycles. The highest BCUT2D eigenvalue weighted by Crippen LogP contribution is 2.41. The van der Waals surface area contributed by atoms with E-state index in [-0.39, 0.29) is 60.1 Å². The molecular weight excluding hydrogens is 1110 g/mol. The van der Waals surface area contributed by atoms with Gasteiger partial charge >= 0.3 is 34.7 Å². The SMILES string of the molecule is CC(C)COC(=O)Cl.Cc1ccc(-c2csc3c(OC4C5CNCC4COC5)ncnc23)c(F)c1.Cc1ccc(-c2csc3c(OC4C5COCC4CN(C(=O)OCC(C)C)C5)ncnc23)c(F)c1.Cl.O=S=O.O=S=O. The Balaban J connectivity index is 0.000000226. The number of fused-ring (bicyclic) bond motifs is 6. The Kier molecular flexibility index (Phi) is 24.4. The molecule has 4 fully saturated rings. The summed E-state index contributed by atoms with van der Waals surface area (Å²) in [6.07, 6.45) is 2.64. The number of nitrogens with zero attached hydrogens (tertiary/aromatic N) is 5. The topological polar surface area (TPSA) is 225 Å². The highest BCUT2D eigenvalue weighted by Gasteiger charge is 2.44. The van der Waals surface area contributed by atoms with E-state index < -0.39 is 28.6 Å². The van der Waals surface area contributed by atoms with Crippen molar-refractivity contribution in [2.24, 2.45) is 35.5 Å². The lowest BCUT2D eigenvalue weighted by molar-refractivity contribution is -0.109. The van der Waals surface area contributed by atoms with E-state index >= 15 is 0 Å². The van der Waals surface area contributed by atoms with E-state index in [1.165, 1.54) is 41.4 Å². The number of nitrogens with one attached hydrogen (secondary N) is 1. The van der Waals surface area contributed by atoms with Gasteiger partial charge in [0.15, 0.2) is 0 Å². The first-order valence-electron chi connectivity index (χ1n) is 23.8. The number of amides is 1. The molecule has 412 valence electrons. The van der Waals surface area contributed by atoms with Crippen LogP contribution in [-0.2, 0) is 42.1 Å². The van der Waals surface area contributed by atoms with Gasteiger partial charge in [-0.05, 0) is 48.9 Å². The minimum absolute atomic E-state index is 0. The van der Waals surface area contributed by atoms with Gasteiger partial charge in [0.2, 0.25) is 11.8 Å². The fourth-order valence-corrected chi connectivity index (χ4v) is 10.9. The van der Waals surface area contributed by atoms with Crippen LogP contribution in [-0.4, -0.2) is 131 Å². The molecule has 0 saturated carbocycles. The van der Waals surface area contributed by atoms with Crippen LogP contribution in [0.5, 0.6) is 11.8 Å². The molecule has 1 amide bonds. The molecule has 0 spiro atoms. The number of halogens is 4. The smallest absolute Gasteiger partial charge is 0.409 e. The maximum atomic E-state index is 14.6. The fraction of sp³-hybridized carbons (Fsp3) is 0.480. The molecule has 4 saturated heterocycles. The Labute approximate surface area is 464 Å². The van der Waals surface area contributed by atoms with E-state index in [1.807, 2.05) is 70.5 Å². The van der Waals surface area contributed by atoms with E-state index in [4.69, 9.17) is 52.1 Å². The number of rotatable bonds is 10. The third-order valence-corrected chi connectivity index (χ3v) is 14.2. The van der Waals surface area contributed by atoms with E-state index in [0.717, 1.165) is 50.3 Å². The molecule has 26 heteroatoms. The van der Waals surface area contributed by atoms with Crippen LogP contribution in [0.2, 0.25) is 0 Å². The second kappa shape index (κ2) is 30.1. The summed E-state index contributed by atoms with van der Waals surface area (Å²) in [6.45, 7) is 17.7. The Bertz CT molecular complexity index is 2920. The van der Waals surface area contributed by atoms with E-state index in [2.05, 4.69) is 30.0 Å². The molecule has 4 bridgehead atoms. The molecular formula is C50H58Cl2F2N6O12S4. The summed E-state index contributed by atoms with van der Waals surface area (Å²) in [5.41, 5.74) is 5.05. The Morgan fingerprint density at radius 3 is 1.49 bits per heavy atom. The van der Waals surface area contributed by atoms with Crippen LogP contribution in [0.3, 0.4) is 0 Å². The summed E-state index contributed by atoms with van der Waals surface area (Å²) in [7, 11) is 0. The summed E-state index contributed by atoms with van der Waals surface area (Å²) in [6, 6.07) is 10.5. The lowest BCUT2D eigenvalue weighted by Crippen LogP contribution is -2.58. The lowest BCUT2D eigenvalue weighted by atomic mass is 9.84. The first-order valence-corrected chi connectivity index (χ1v) is 27.3. The quantitative estimate of drug-likeness (QED) is 0.126. The maximum Gasteiger partial charge on any atom is 0.409 e. The summed E-state index contributed by atoms with van der Waals surface area (Å²) in [4.78, 5) is 41.9. The average molecular weight is 1170 g/mol. The van der Waals surface area contributed by atoms with Gasteiger partial charge in [-0.1, -0.05) is 52.0 Å². The Morgan fingerprint density at radius 2 is 1.09 bits per heavy atom. The number of thiophene rings is 2. The predicted molar refractivity (Wildman–Crippen MR) is 287 cm³/mol. The van der Waals surface area contributed by atoms with Gasteiger partial charge in [0, 0.05) is 94.5 Å². The molecule has 0 radical (unpaired) electrons. The monoisotopic (exact) mass is 1170 g/mol. The van der Waals surface area contributed by atoms with Crippen LogP contribution in [0.15, 0.2) is 59.8 Å². The molecule has 2 aromatic carbocycles. The number of hydrogen-bond acceptors (Lipinski definition) is 19. The first-order chi connectivity index (χ1) is 36.1. The third kappa shape index (κ3) is 16.4. The summed E-state index contributed by atoms with van der Waals surface area (Å²) < 4.78 is 98.1. The van der Waals surface area contributed by atoms with Crippen molar-refractivity contribution in [2.75, 3.05) is 65.8 Å². The van der Waals surface area contributed by atoms with Gasteiger partial charge in [0.05, 0.1) is 50.7 Å². The number of aryl methyl sites for hydroxylation is 2. The molecule has 76 heavy (non-hydrogen) atoms. The normalized spacial score (nSPS) is 20.1. The van der Waals surface area contributed by atoms with Crippen molar-refractivity contribution in [1.29, 1.82) is 0 Å². The number of ether oxygens (including phenoxy) is 6. The van der Waals surface area contributed by atoms with Crippen molar-refractivity contribution in [1.82, 2.24) is 30.2 Å². The lowest BCUT2D eigenvalue weighted by Gasteiger charge is -2.45. The average Bonchev–Trinajstić information content (AvgIpc) is 4.00. The van der Waals surface area contributed by atoms with Crippen molar-refractivity contribution < 1.29 is 63.6 Å². The second-order valence-corrected chi connectivity index (χ2v) is 21.2. The number of benzene rings is 2. The molecule has 4 aromatic heterocycles. The molecule has 4 aliphatic rings. The summed E-state index contributed by atoms with van der Waals surface area (Å²) in [5, 5.41) is 7.28. The van der Waals surface area contributed by atoms with Gasteiger partial charge in [-0.3, -0.25) is 0 Å². The van der Waals surface area contributed by atoms with E-state index in [1.54, 1.807) is 17.0 Å². The fourth-order valence-electron chi connectivity index (χ4n) is 8.89. The Morgan fingerprint density at radius 1 is 0.684 bits per heavy atom. The van der Waals surface area contributed by atoms with Gasteiger partial charge in [0.25, 0.3) is 0 Å². The summed E-state index contributed by atoms with van der Waals surface area (Å²) >= 11 is 6.31. The largest absolute Gasteiger partial charge is 0.472 e. The van der Waals surface area contributed by atoms with Crippen LogP contribution in [0, 0.1) is 61.0 Å². The molecule has 0 aliphatic carbocycles. The Hall–Kier alpha value is -5.18. The van der Waals surface area contributed by atoms with Crippen LogP contribution >= 0.6 is 46.7 Å². The second-order valence-electron chi connectivity index (χ2n) is 18.9. The highest BCUT2D eigenvalue weighted by atomic mass is 35.5. The van der Waals surface area contributed by atoms with Crippen molar-refractivity contribution in [3.8, 4) is 34.0 Å². The zero-order valence-electron chi connectivity index (χ0n) is 42.3. The number of carbonyl (C=O) groups is 2. The standard InChI is InChI=1S/C25H28FN3O4S.C20H20FN3O2S.C5H9ClO2.ClH.2O2S/c1-14(2)9-32-25(30)29-7-16-10-31-11-17(8-29)22(16)33-24-23-21(27-13-28-24)19(12-34-23)18-5-4-15(3)6-20(18)26;1-11-2-3-14(16(21)4-11)15-9-27-19-17(15)23-10-24-20(19)26-18-12-5-22-6-13(18)8-25-7-12;1-4(2)3-8-5(6)7;;2*1-3-2/h4-6,12-14,16-17,22H,7-11H2,1-3H3;2-4,9-10,12-13,18,22H,5-8H2,1H3;4H,3H2,1-2H3;1H;;. The summed E-state index contributed by atoms with van der Waals surface area (Å²) in [5.74, 6) is 1.88. The van der Waals surface area contributed by atoms with Gasteiger partial charge in [-0.25, -0.2) is 38.3 Å². The van der Waals surface area contributed by atoms with Crippen LogP contribution in [0.4, 0.5) is 18.4 Å². The molecule has 4 atom stereocenters. The number of likely N-dealkylation sites (tertiary alicyclic amines) is 1. The van der Waals surface area contributed by atoms with E-state index in [9.17, 15) is 18.4 Å².